The zero-order chi connectivity index (χ0) is 15.9. The van der Waals surface area contributed by atoms with Gasteiger partial charge in [-0.1, -0.05) is 25.0 Å². The van der Waals surface area contributed by atoms with E-state index in [9.17, 15) is 4.79 Å². The van der Waals surface area contributed by atoms with Crippen molar-refractivity contribution in [1.82, 2.24) is 4.90 Å². The number of hydrogen-bond donors (Lipinski definition) is 1. The van der Waals surface area contributed by atoms with Crippen LogP contribution in [0.1, 0.15) is 44.6 Å². The highest BCUT2D eigenvalue weighted by molar-refractivity contribution is 5.85. The van der Waals surface area contributed by atoms with Crippen LogP contribution in [0.15, 0.2) is 24.3 Å². The molecule has 2 atom stereocenters. The highest BCUT2D eigenvalue weighted by Gasteiger charge is 2.26. The summed E-state index contributed by atoms with van der Waals surface area (Å²) in [5, 5.41) is 0. The fourth-order valence-corrected chi connectivity index (χ4v) is 3.17. The lowest BCUT2D eigenvalue weighted by Gasteiger charge is -2.30. The van der Waals surface area contributed by atoms with Crippen molar-refractivity contribution in [3.05, 3.63) is 29.8 Å². The van der Waals surface area contributed by atoms with E-state index in [0.29, 0.717) is 18.9 Å². The fourth-order valence-electron chi connectivity index (χ4n) is 3.17. The van der Waals surface area contributed by atoms with Gasteiger partial charge in [0.15, 0.2) is 0 Å². The number of amides is 1. The Morgan fingerprint density at radius 3 is 2.48 bits per heavy atom. The number of ether oxygens (including phenoxy) is 1. The van der Waals surface area contributed by atoms with Gasteiger partial charge in [0.1, 0.15) is 5.75 Å². The summed E-state index contributed by atoms with van der Waals surface area (Å²) in [7, 11) is 1.66. The molecule has 1 aromatic rings. The molecule has 2 N–H and O–H groups in total. The van der Waals surface area contributed by atoms with Gasteiger partial charge in [-0.3, -0.25) is 4.79 Å². The molecule has 0 aromatic heterocycles. The first-order chi connectivity index (χ1) is 10.6. The van der Waals surface area contributed by atoms with E-state index < -0.39 is 0 Å². The molecule has 1 aromatic carbocycles. The van der Waals surface area contributed by atoms with E-state index in [4.69, 9.17) is 10.5 Å². The van der Waals surface area contributed by atoms with Crippen molar-refractivity contribution in [1.29, 1.82) is 0 Å². The van der Waals surface area contributed by atoms with E-state index in [2.05, 4.69) is 0 Å². The predicted octanol–water partition coefficient (Wildman–Crippen LogP) is 3.37. The van der Waals surface area contributed by atoms with E-state index >= 15 is 0 Å². The van der Waals surface area contributed by atoms with Gasteiger partial charge in [0.25, 0.3) is 0 Å². The van der Waals surface area contributed by atoms with Crippen LogP contribution < -0.4 is 10.5 Å². The van der Waals surface area contributed by atoms with E-state index in [0.717, 1.165) is 30.7 Å². The third kappa shape index (κ3) is 5.70. The zero-order valence-corrected chi connectivity index (χ0v) is 15.0. The molecular formula is C18H29ClN2O2. The second-order valence-corrected chi connectivity index (χ2v) is 6.17. The SMILES string of the molecule is CCN(Cc1ccc(OC)cc1)C(=O)CC1CCCCC1N.Cl. The van der Waals surface area contributed by atoms with Gasteiger partial charge in [0, 0.05) is 25.6 Å². The molecule has 1 aliphatic carbocycles. The molecule has 1 aliphatic rings. The monoisotopic (exact) mass is 340 g/mol. The summed E-state index contributed by atoms with van der Waals surface area (Å²) in [6, 6.07) is 8.09. The van der Waals surface area contributed by atoms with Crippen molar-refractivity contribution in [2.45, 2.75) is 51.6 Å². The summed E-state index contributed by atoms with van der Waals surface area (Å²) >= 11 is 0. The number of rotatable bonds is 6. The van der Waals surface area contributed by atoms with Crippen molar-refractivity contribution < 1.29 is 9.53 Å². The molecule has 23 heavy (non-hydrogen) atoms. The topological polar surface area (TPSA) is 55.6 Å². The largest absolute Gasteiger partial charge is 0.497 e. The molecule has 130 valence electrons. The third-order valence-electron chi connectivity index (χ3n) is 4.67. The maximum atomic E-state index is 12.6. The quantitative estimate of drug-likeness (QED) is 0.863. The first-order valence-corrected chi connectivity index (χ1v) is 8.30. The minimum atomic E-state index is 0. The number of methoxy groups -OCH3 is 1. The predicted molar refractivity (Wildman–Crippen MR) is 95.9 cm³/mol. The number of nitrogens with two attached hydrogens (primary N) is 1. The average Bonchev–Trinajstić information content (AvgIpc) is 2.55. The average molecular weight is 341 g/mol. The number of halogens is 1. The van der Waals surface area contributed by atoms with Gasteiger partial charge in [-0.05, 0) is 43.4 Å². The second kappa shape index (κ2) is 9.78. The summed E-state index contributed by atoms with van der Waals surface area (Å²) in [5.41, 5.74) is 7.30. The Labute approximate surface area is 145 Å². The van der Waals surface area contributed by atoms with E-state index in [1.165, 1.54) is 12.8 Å². The van der Waals surface area contributed by atoms with Crippen LogP contribution in [-0.2, 0) is 11.3 Å². The third-order valence-corrected chi connectivity index (χ3v) is 4.67. The molecule has 1 fully saturated rings. The van der Waals surface area contributed by atoms with Crippen LogP contribution >= 0.6 is 12.4 Å². The molecule has 4 nitrogen and oxygen atoms in total. The lowest BCUT2D eigenvalue weighted by atomic mass is 9.82. The van der Waals surface area contributed by atoms with Crippen LogP contribution in [0, 0.1) is 5.92 Å². The smallest absolute Gasteiger partial charge is 0.223 e. The van der Waals surface area contributed by atoms with E-state index in [1.54, 1.807) is 7.11 Å². The summed E-state index contributed by atoms with van der Waals surface area (Å²) in [6.07, 6.45) is 5.14. The van der Waals surface area contributed by atoms with Crippen LogP contribution in [-0.4, -0.2) is 30.5 Å². The van der Waals surface area contributed by atoms with Crippen molar-refractivity contribution in [2.75, 3.05) is 13.7 Å². The lowest BCUT2D eigenvalue weighted by molar-refractivity contribution is -0.133. The van der Waals surface area contributed by atoms with Crippen LogP contribution in [0.25, 0.3) is 0 Å². The summed E-state index contributed by atoms with van der Waals surface area (Å²) in [6.45, 7) is 3.41. The summed E-state index contributed by atoms with van der Waals surface area (Å²) in [5.74, 6) is 1.41. The Balaban J connectivity index is 0.00000264. The highest BCUT2D eigenvalue weighted by Crippen LogP contribution is 2.26. The number of carbonyl (C=O) groups excluding carboxylic acids is 1. The van der Waals surface area contributed by atoms with Gasteiger partial charge in [-0.2, -0.15) is 0 Å². The lowest BCUT2D eigenvalue weighted by Crippen LogP contribution is -2.38. The van der Waals surface area contributed by atoms with Gasteiger partial charge >= 0.3 is 0 Å². The molecule has 2 unspecified atom stereocenters. The van der Waals surface area contributed by atoms with Crippen molar-refractivity contribution >= 4 is 18.3 Å². The second-order valence-electron chi connectivity index (χ2n) is 6.17. The Morgan fingerprint density at radius 1 is 1.26 bits per heavy atom. The van der Waals surface area contributed by atoms with E-state index in [1.807, 2.05) is 36.1 Å². The van der Waals surface area contributed by atoms with Gasteiger partial charge in [0.2, 0.25) is 5.91 Å². The first kappa shape index (κ1) is 19.8. The van der Waals surface area contributed by atoms with Crippen molar-refractivity contribution in [3.63, 3.8) is 0 Å². The molecule has 0 radical (unpaired) electrons. The molecule has 0 heterocycles. The Hall–Kier alpha value is -1.26. The van der Waals surface area contributed by atoms with Crippen molar-refractivity contribution in [2.24, 2.45) is 11.7 Å². The molecule has 1 saturated carbocycles. The standard InChI is InChI=1S/C18H28N2O2.ClH/c1-3-20(13-14-8-10-16(22-2)11-9-14)18(21)12-15-6-4-5-7-17(15)19;/h8-11,15,17H,3-7,12-13,19H2,1-2H3;1H. The molecule has 5 heteroatoms. The molecular weight excluding hydrogens is 312 g/mol. The number of hydrogen-bond acceptors (Lipinski definition) is 3. The highest BCUT2D eigenvalue weighted by atomic mass is 35.5. The zero-order valence-electron chi connectivity index (χ0n) is 14.2. The Kier molecular flexibility index (Phi) is 8.42. The number of benzene rings is 1. The van der Waals surface area contributed by atoms with Gasteiger partial charge in [-0.25, -0.2) is 0 Å². The molecule has 0 aliphatic heterocycles. The minimum Gasteiger partial charge on any atom is -0.497 e. The molecule has 0 saturated heterocycles. The van der Waals surface area contributed by atoms with Crippen LogP contribution in [0.3, 0.4) is 0 Å². The fraction of sp³-hybridized carbons (Fsp3) is 0.611. The summed E-state index contributed by atoms with van der Waals surface area (Å²) in [4.78, 5) is 14.5. The summed E-state index contributed by atoms with van der Waals surface area (Å²) < 4.78 is 5.17. The first-order valence-electron chi connectivity index (χ1n) is 8.30. The molecule has 1 amide bonds. The van der Waals surface area contributed by atoms with Crippen LogP contribution in [0.4, 0.5) is 0 Å². The molecule has 2 rings (SSSR count). The van der Waals surface area contributed by atoms with E-state index in [-0.39, 0.29) is 24.4 Å². The normalized spacial score (nSPS) is 20.5. The minimum absolute atomic E-state index is 0. The van der Waals surface area contributed by atoms with Crippen LogP contribution in [0.2, 0.25) is 0 Å². The Morgan fingerprint density at radius 2 is 1.91 bits per heavy atom. The Bertz CT molecular complexity index is 478. The van der Waals surface area contributed by atoms with Crippen molar-refractivity contribution in [3.8, 4) is 5.75 Å². The van der Waals surface area contributed by atoms with Gasteiger partial charge in [-0.15, -0.1) is 12.4 Å². The molecule has 0 bridgehead atoms. The molecule has 0 spiro atoms. The van der Waals surface area contributed by atoms with Gasteiger partial charge < -0.3 is 15.4 Å². The number of nitrogens with zero attached hydrogens (tertiary/aromatic N) is 1. The number of carbonyl (C=O) groups is 1. The van der Waals surface area contributed by atoms with Crippen LogP contribution in [0.5, 0.6) is 5.75 Å². The maximum Gasteiger partial charge on any atom is 0.223 e. The maximum absolute atomic E-state index is 12.6. The van der Waals surface area contributed by atoms with Gasteiger partial charge in [0.05, 0.1) is 7.11 Å².